The van der Waals surface area contributed by atoms with Crippen LogP contribution in [-0.2, 0) is 6.54 Å². The van der Waals surface area contributed by atoms with Crippen LogP contribution in [0.15, 0.2) is 24.3 Å². The molecule has 0 amide bonds. The molecule has 0 spiro atoms. The summed E-state index contributed by atoms with van der Waals surface area (Å²) < 4.78 is 5.59. The highest BCUT2D eigenvalue weighted by molar-refractivity contribution is 5.28. The lowest BCUT2D eigenvalue weighted by atomic mass is 10.2. The zero-order chi connectivity index (χ0) is 12.7. The van der Waals surface area contributed by atoms with E-state index in [-0.39, 0.29) is 25.4 Å². The second-order valence-corrected chi connectivity index (χ2v) is 4.26. The zero-order valence-corrected chi connectivity index (χ0v) is 10.4. The Morgan fingerprint density at radius 3 is 2.53 bits per heavy atom. The van der Waals surface area contributed by atoms with Crippen molar-refractivity contribution >= 4 is 0 Å². The highest BCUT2D eigenvalue weighted by Crippen LogP contribution is 2.14. The van der Waals surface area contributed by atoms with E-state index >= 15 is 0 Å². The Morgan fingerprint density at radius 2 is 1.94 bits per heavy atom. The molecule has 0 heterocycles. The molecule has 0 aliphatic carbocycles. The Kier molecular flexibility index (Phi) is 5.97. The number of nitrogens with one attached hydrogen (secondary N) is 1. The number of ether oxygens (including phenoxy) is 1. The van der Waals surface area contributed by atoms with Crippen molar-refractivity contribution in [3.8, 4) is 5.75 Å². The normalized spacial score (nSPS) is 11.2. The summed E-state index contributed by atoms with van der Waals surface area (Å²) in [5.74, 6) is 0.837. The van der Waals surface area contributed by atoms with Gasteiger partial charge in [-0.15, -0.1) is 0 Å². The highest BCUT2D eigenvalue weighted by Gasteiger charge is 2.05. The lowest BCUT2D eigenvalue weighted by molar-refractivity contribution is 0.170. The average molecular weight is 239 g/mol. The molecule has 1 rings (SSSR count). The maximum absolute atomic E-state index is 8.93. The Bertz CT molecular complexity index is 324. The van der Waals surface area contributed by atoms with Gasteiger partial charge in [0.05, 0.1) is 25.4 Å². The zero-order valence-electron chi connectivity index (χ0n) is 10.4. The fourth-order valence-electron chi connectivity index (χ4n) is 1.45. The lowest BCUT2D eigenvalue weighted by Gasteiger charge is -2.14. The Hall–Kier alpha value is -1.10. The van der Waals surface area contributed by atoms with Crippen LogP contribution in [0.5, 0.6) is 5.75 Å². The van der Waals surface area contributed by atoms with Gasteiger partial charge in [-0.3, -0.25) is 0 Å². The van der Waals surface area contributed by atoms with Gasteiger partial charge in [0, 0.05) is 6.54 Å². The fourth-order valence-corrected chi connectivity index (χ4v) is 1.45. The number of hydrogen-bond acceptors (Lipinski definition) is 4. The van der Waals surface area contributed by atoms with Crippen LogP contribution in [0.2, 0.25) is 0 Å². The van der Waals surface area contributed by atoms with Crippen molar-refractivity contribution in [2.24, 2.45) is 0 Å². The van der Waals surface area contributed by atoms with Crippen LogP contribution in [0.3, 0.4) is 0 Å². The fraction of sp³-hybridized carbons (Fsp3) is 0.538. The quantitative estimate of drug-likeness (QED) is 0.662. The summed E-state index contributed by atoms with van der Waals surface area (Å²) in [5.41, 5.74) is 1.06. The Morgan fingerprint density at radius 1 is 1.24 bits per heavy atom. The van der Waals surface area contributed by atoms with Crippen molar-refractivity contribution in [2.45, 2.75) is 32.5 Å². The molecule has 0 atom stereocenters. The number of rotatable bonds is 7. The van der Waals surface area contributed by atoms with E-state index in [9.17, 15) is 0 Å². The van der Waals surface area contributed by atoms with Crippen molar-refractivity contribution in [1.29, 1.82) is 0 Å². The molecule has 0 saturated heterocycles. The largest absolute Gasteiger partial charge is 0.491 e. The summed E-state index contributed by atoms with van der Waals surface area (Å²) in [7, 11) is 0. The molecular weight excluding hydrogens is 218 g/mol. The van der Waals surface area contributed by atoms with Crippen molar-refractivity contribution in [1.82, 2.24) is 5.32 Å². The van der Waals surface area contributed by atoms with Crippen molar-refractivity contribution in [2.75, 3.05) is 13.2 Å². The first-order valence-electron chi connectivity index (χ1n) is 5.86. The second kappa shape index (κ2) is 7.27. The maximum atomic E-state index is 8.93. The molecule has 0 unspecified atom stereocenters. The van der Waals surface area contributed by atoms with Gasteiger partial charge >= 0.3 is 0 Å². The predicted molar refractivity (Wildman–Crippen MR) is 67.0 cm³/mol. The van der Waals surface area contributed by atoms with Gasteiger partial charge in [-0.2, -0.15) is 0 Å². The SMILES string of the molecule is CC(C)Oc1cccc(CNC(CO)CO)c1. The van der Waals surface area contributed by atoms with E-state index in [2.05, 4.69) is 5.32 Å². The minimum absolute atomic E-state index is 0.0707. The van der Waals surface area contributed by atoms with Gasteiger partial charge in [0.25, 0.3) is 0 Å². The molecule has 1 aromatic rings. The molecule has 0 bridgehead atoms. The van der Waals surface area contributed by atoms with E-state index in [0.29, 0.717) is 6.54 Å². The molecule has 17 heavy (non-hydrogen) atoms. The minimum atomic E-state index is -0.273. The highest BCUT2D eigenvalue weighted by atomic mass is 16.5. The molecule has 0 aromatic heterocycles. The first-order chi connectivity index (χ1) is 8.15. The summed E-state index contributed by atoms with van der Waals surface area (Å²) >= 11 is 0. The third-order valence-electron chi connectivity index (χ3n) is 2.31. The molecule has 0 saturated carbocycles. The topological polar surface area (TPSA) is 61.7 Å². The van der Waals surface area contributed by atoms with E-state index in [4.69, 9.17) is 14.9 Å². The summed E-state index contributed by atoms with van der Waals surface area (Å²) in [6.07, 6.45) is 0.154. The molecule has 4 heteroatoms. The van der Waals surface area contributed by atoms with Crippen LogP contribution in [0.25, 0.3) is 0 Å². The van der Waals surface area contributed by atoms with Crippen molar-refractivity contribution in [3.05, 3.63) is 29.8 Å². The number of benzene rings is 1. The van der Waals surface area contributed by atoms with E-state index < -0.39 is 0 Å². The Balaban J connectivity index is 2.53. The second-order valence-electron chi connectivity index (χ2n) is 4.26. The van der Waals surface area contributed by atoms with Gasteiger partial charge in [0.2, 0.25) is 0 Å². The van der Waals surface area contributed by atoms with Gasteiger partial charge in [0.1, 0.15) is 5.75 Å². The third-order valence-corrected chi connectivity index (χ3v) is 2.31. The molecule has 0 radical (unpaired) electrons. The van der Waals surface area contributed by atoms with Gasteiger partial charge in [-0.25, -0.2) is 0 Å². The van der Waals surface area contributed by atoms with Crippen LogP contribution >= 0.6 is 0 Å². The minimum Gasteiger partial charge on any atom is -0.491 e. The van der Waals surface area contributed by atoms with Gasteiger partial charge in [-0.1, -0.05) is 12.1 Å². The van der Waals surface area contributed by atoms with Crippen LogP contribution in [0, 0.1) is 0 Å². The molecule has 0 aliphatic heterocycles. The summed E-state index contributed by atoms with van der Waals surface area (Å²) in [4.78, 5) is 0. The molecule has 0 fully saturated rings. The molecule has 4 nitrogen and oxygen atoms in total. The predicted octanol–water partition coefficient (Wildman–Crippen LogP) is 0.917. The molecule has 1 aromatic carbocycles. The summed E-state index contributed by atoms with van der Waals surface area (Å²) in [6.45, 7) is 4.43. The average Bonchev–Trinajstić information content (AvgIpc) is 2.30. The van der Waals surface area contributed by atoms with Gasteiger partial charge in [-0.05, 0) is 31.5 Å². The maximum Gasteiger partial charge on any atom is 0.120 e. The van der Waals surface area contributed by atoms with Crippen LogP contribution < -0.4 is 10.1 Å². The number of aliphatic hydroxyl groups is 2. The standard InChI is InChI=1S/C13H21NO3/c1-10(2)17-13-5-3-4-11(6-13)7-14-12(8-15)9-16/h3-6,10,12,14-16H,7-9H2,1-2H3. The number of aliphatic hydroxyl groups excluding tert-OH is 2. The van der Waals surface area contributed by atoms with Crippen LogP contribution in [0.4, 0.5) is 0 Å². The van der Waals surface area contributed by atoms with Crippen LogP contribution in [0.1, 0.15) is 19.4 Å². The van der Waals surface area contributed by atoms with E-state index in [0.717, 1.165) is 11.3 Å². The van der Waals surface area contributed by atoms with Gasteiger partial charge < -0.3 is 20.3 Å². The Labute approximate surface area is 102 Å². The van der Waals surface area contributed by atoms with E-state index in [1.165, 1.54) is 0 Å². The molecule has 96 valence electrons. The molecular formula is C13H21NO3. The molecule has 3 N–H and O–H groups in total. The van der Waals surface area contributed by atoms with Crippen LogP contribution in [-0.4, -0.2) is 35.6 Å². The van der Waals surface area contributed by atoms with Crippen molar-refractivity contribution in [3.63, 3.8) is 0 Å². The van der Waals surface area contributed by atoms with Crippen molar-refractivity contribution < 1.29 is 14.9 Å². The number of hydrogen-bond donors (Lipinski definition) is 3. The summed E-state index contributed by atoms with van der Waals surface area (Å²) in [5, 5.41) is 20.9. The molecule has 0 aliphatic rings. The van der Waals surface area contributed by atoms with E-state index in [1.54, 1.807) is 0 Å². The third kappa shape index (κ3) is 5.17. The van der Waals surface area contributed by atoms with Gasteiger partial charge in [0.15, 0.2) is 0 Å². The lowest BCUT2D eigenvalue weighted by Crippen LogP contribution is -2.35. The summed E-state index contributed by atoms with van der Waals surface area (Å²) in [6, 6.07) is 7.51. The smallest absolute Gasteiger partial charge is 0.120 e. The van der Waals surface area contributed by atoms with E-state index in [1.807, 2.05) is 38.1 Å². The first kappa shape index (κ1) is 14.0. The monoisotopic (exact) mass is 239 g/mol. The first-order valence-corrected chi connectivity index (χ1v) is 5.86.